The summed E-state index contributed by atoms with van der Waals surface area (Å²) in [5.74, 6) is 0.491. The molecule has 1 N–H and O–H groups in total. The van der Waals surface area contributed by atoms with E-state index >= 15 is 0 Å². The van der Waals surface area contributed by atoms with Gasteiger partial charge in [0.1, 0.15) is 17.3 Å². The van der Waals surface area contributed by atoms with E-state index in [0.29, 0.717) is 26.3 Å². The molecule has 0 radical (unpaired) electrons. The molecule has 28 heavy (non-hydrogen) atoms. The van der Waals surface area contributed by atoms with E-state index in [0.717, 1.165) is 42.7 Å². The van der Waals surface area contributed by atoms with Crippen molar-refractivity contribution < 1.29 is 18.4 Å². The second kappa shape index (κ2) is 7.91. The molecule has 150 valence electrons. The maximum atomic E-state index is 13.8. The maximum Gasteiger partial charge on any atom is 0.317 e. The first-order chi connectivity index (χ1) is 13.6. The summed E-state index contributed by atoms with van der Waals surface area (Å²) < 4.78 is 24.5. The number of halogens is 1. The van der Waals surface area contributed by atoms with Gasteiger partial charge >= 0.3 is 6.03 Å². The third kappa shape index (κ3) is 3.76. The molecule has 0 unspecified atom stereocenters. The summed E-state index contributed by atoms with van der Waals surface area (Å²) in [6.45, 7) is 4.22. The molecule has 1 atom stereocenters. The Morgan fingerprint density at radius 3 is 2.89 bits per heavy atom. The average molecular weight is 387 g/mol. The summed E-state index contributed by atoms with van der Waals surface area (Å²) in [7, 11) is 0. The molecular formula is C21H26FN3O3. The number of amides is 2. The smallest absolute Gasteiger partial charge is 0.317 e. The summed E-state index contributed by atoms with van der Waals surface area (Å²) in [4.78, 5) is 14.8. The summed E-state index contributed by atoms with van der Waals surface area (Å²) >= 11 is 0. The van der Waals surface area contributed by atoms with E-state index < -0.39 is 0 Å². The number of nitrogens with one attached hydrogen (secondary N) is 1. The SMILES string of the molecule is Cc1cc([C@@H]2CCCN2C(=O)NCC2(c3cccc(F)c3)CCOCC2)no1. The minimum Gasteiger partial charge on any atom is -0.381 e. The first-order valence-corrected chi connectivity index (χ1v) is 9.89. The maximum absolute atomic E-state index is 13.8. The van der Waals surface area contributed by atoms with Crippen molar-refractivity contribution >= 4 is 6.03 Å². The van der Waals surface area contributed by atoms with Crippen LogP contribution in [0.4, 0.5) is 9.18 Å². The predicted molar refractivity (Wildman–Crippen MR) is 101 cm³/mol. The zero-order valence-electron chi connectivity index (χ0n) is 16.1. The summed E-state index contributed by atoms with van der Waals surface area (Å²) in [6.07, 6.45) is 3.32. The standard InChI is InChI=1S/C21H26FN3O3/c1-15-12-18(24-28-15)19-6-3-9-25(19)20(26)23-14-21(7-10-27-11-8-21)16-4-2-5-17(22)13-16/h2,4-5,12-13,19H,3,6-11,14H2,1H3,(H,23,26)/t19-/m0/s1. The normalized spacial score (nSPS) is 21.6. The van der Waals surface area contributed by atoms with Crippen molar-refractivity contribution in [1.29, 1.82) is 0 Å². The molecule has 2 fully saturated rings. The van der Waals surface area contributed by atoms with Gasteiger partial charge in [-0.2, -0.15) is 0 Å². The Bertz CT molecular complexity index is 832. The van der Waals surface area contributed by atoms with Crippen molar-refractivity contribution in [3.63, 3.8) is 0 Å². The number of aromatic nitrogens is 1. The van der Waals surface area contributed by atoms with Crippen molar-refractivity contribution in [2.75, 3.05) is 26.3 Å². The van der Waals surface area contributed by atoms with E-state index in [4.69, 9.17) is 9.26 Å². The Morgan fingerprint density at radius 1 is 1.36 bits per heavy atom. The monoisotopic (exact) mass is 387 g/mol. The van der Waals surface area contributed by atoms with E-state index in [9.17, 15) is 9.18 Å². The number of nitrogens with zero attached hydrogens (tertiary/aromatic N) is 2. The van der Waals surface area contributed by atoms with Gasteiger partial charge in [-0.25, -0.2) is 9.18 Å². The van der Waals surface area contributed by atoms with Gasteiger partial charge in [-0.15, -0.1) is 0 Å². The molecular weight excluding hydrogens is 361 g/mol. The van der Waals surface area contributed by atoms with Gasteiger partial charge < -0.3 is 19.5 Å². The second-order valence-corrected chi connectivity index (χ2v) is 7.78. The number of carbonyl (C=O) groups excluding carboxylic acids is 1. The highest BCUT2D eigenvalue weighted by molar-refractivity contribution is 5.75. The molecule has 2 aliphatic heterocycles. The van der Waals surface area contributed by atoms with Gasteiger partial charge in [0.25, 0.3) is 0 Å². The molecule has 6 nitrogen and oxygen atoms in total. The fourth-order valence-corrected chi connectivity index (χ4v) is 4.35. The van der Waals surface area contributed by atoms with Crippen LogP contribution < -0.4 is 5.32 Å². The highest BCUT2D eigenvalue weighted by Crippen LogP contribution is 2.35. The molecule has 0 saturated carbocycles. The topological polar surface area (TPSA) is 67.6 Å². The van der Waals surface area contributed by atoms with E-state index in [1.54, 1.807) is 12.1 Å². The van der Waals surface area contributed by atoms with Crippen LogP contribution in [0.25, 0.3) is 0 Å². The van der Waals surface area contributed by atoms with Gasteiger partial charge in [-0.1, -0.05) is 17.3 Å². The van der Waals surface area contributed by atoms with E-state index in [1.807, 2.05) is 24.0 Å². The molecule has 0 spiro atoms. The molecule has 2 aliphatic rings. The average Bonchev–Trinajstić information content (AvgIpc) is 3.36. The highest BCUT2D eigenvalue weighted by atomic mass is 19.1. The van der Waals surface area contributed by atoms with Crippen LogP contribution in [-0.4, -0.2) is 42.4 Å². The summed E-state index contributed by atoms with van der Waals surface area (Å²) in [5, 5.41) is 7.21. The van der Waals surface area contributed by atoms with Gasteiger partial charge in [0.15, 0.2) is 0 Å². The lowest BCUT2D eigenvalue weighted by atomic mass is 9.74. The van der Waals surface area contributed by atoms with Gasteiger partial charge in [0.2, 0.25) is 0 Å². The number of rotatable bonds is 4. The molecule has 7 heteroatoms. The van der Waals surface area contributed by atoms with Gasteiger partial charge in [-0.05, 0) is 50.3 Å². The largest absolute Gasteiger partial charge is 0.381 e. The van der Waals surface area contributed by atoms with Crippen LogP contribution in [0.1, 0.15) is 48.7 Å². The van der Waals surface area contributed by atoms with Crippen LogP contribution in [0.15, 0.2) is 34.9 Å². The van der Waals surface area contributed by atoms with Crippen LogP contribution in [0.3, 0.4) is 0 Å². The number of benzene rings is 1. The van der Waals surface area contributed by atoms with Crippen molar-refractivity contribution in [3.8, 4) is 0 Å². The Balaban J connectivity index is 1.48. The Kier molecular flexibility index (Phi) is 5.35. The van der Waals surface area contributed by atoms with Gasteiger partial charge in [0, 0.05) is 37.8 Å². The highest BCUT2D eigenvalue weighted by Gasteiger charge is 2.37. The minimum absolute atomic E-state index is 0.0581. The second-order valence-electron chi connectivity index (χ2n) is 7.78. The molecule has 2 saturated heterocycles. The number of ether oxygens (including phenoxy) is 1. The van der Waals surface area contributed by atoms with E-state index in [-0.39, 0.29) is 23.3 Å². The van der Waals surface area contributed by atoms with Crippen molar-refractivity contribution in [2.45, 2.75) is 44.1 Å². The quantitative estimate of drug-likeness (QED) is 0.868. The third-order valence-electron chi connectivity index (χ3n) is 5.97. The first kappa shape index (κ1) is 18.9. The number of hydrogen-bond donors (Lipinski definition) is 1. The Labute approximate surface area is 164 Å². The lowest BCUT2D eigenvalue weighted by Gasteiger charge is -2.38. The predicted octanol–water partition coefficient (Wildman–Crippen LogP) is 3.72. The van der Waals surface area contributed by atoms with Crippen molar-refractivity contribution in [2.24, 2.45) is 0 Å². The van der Waals surface area contributed by atoms with Crippen LogP contribution in [0.2, 0.25) is 0 Å². The van der Waals surface area contributed by atoms with Crippen molar-refractivity contribution in [3.05, 3.63) is 53.2 Å². The van der Waals surface area contributed by atoms with Crippen LogP contribution >= 0.6 is 0 Å². The van der Waals surface area contributed by atoms with Gasteiger partial charge in [-0.3, -0.25) is 0 Å². The van der Waals surface area contributed by atoms with Crippen LogP contribution in [0, 0.1) is 12.7 Å². The molecule has 2 aromatic rings. The molecule has 0 bridgehead atoms. The zero-order valence-corrected chi connectivity index (χ0v) is 16.1. The molecule has 3 heterocycles. The summed E-state index contributed by atoms with van der Waals surface area (Å²) in [5.41, 5.74) is 1.41. The molecule has 1 aromatic heterocycles. The minimum atomic E-state index is -0.310. The number of carbonyl (C=O) groups is 1. The lowest BCUT2D eigenvalue weighted by molar-refractivity contribution is 0.0499. The first-order valence-electron chi connectivity index (χ1n) is 9.89. The van der Waals surface area contributed by atoms with E-state index in [2.05, 4.69) is 10.5 Å². The third-order valence-corrected chi connectivity index (χ3v) is 5.97. The van der Waals surface area contributed by atoms with Crippen LogP contribution in [-0.2, 0) is 10.2 Å². The molecule has 4 rings (SSSR count). The zero-order chi connectivity index (χ0) is 19.6. The fourth-order valence-electron chi connectivity index (χ4n) is 4.35. The number of likely N-dealkylation sites (tertiary alicyclic amines) is 1. The number of aryl methyl sites for hydroxylation is 1. The summed E-state index contributed by atoms with van der Waals surface area (Å²) in [6, 6.07) is 8.42. The number of urea groups is 1. The molecule has 0 aliphatic carbocycles. The lowest BCUT2D eigenvalue weighted by Crippen LogP contribution is -2.48. The number of hydrogen-bond acceptors (Lipinski definition) is 4. The molecule has 1 aromatic carbocycles. The molecule has 2 amide bonds. The van der Waals surface area contributed by atoms with Crippen molar-refractivity contribution in [1.82, 2.24) is 15.4 Å². The van der Waals surface area contributed by atoms with Crippen LogP contribution in [0.5, 0.6) is 0 Å². The Hall–Kier alpha value is -2.41. The van der Waals surface area contributed by atoms with Gasteiger partial charge in [0.05, 0.1) is 6.04 Å². The Morgan fingerprint density at radius 2 is 2.18 bits per heavy atom. The fraction of sp³-hybridized carbons (Fsp3) is 0.524. The van der Waals surface area contributed by atoms with E-state index in [1.165, 1.54) is 6.07 Å².